The molecule has 0 aromatic heterocycles. The molecule has 2 N–H and O–H groups in total. The van der Waals surface area contributed by atoms with Crippen LogP contribution in [0.1, 0.15) is 31.4 Å². The number of rotatable bonds is 14. The van der Waals surface area contributed by atoms with Gasteiger partial charge >= 0.3 is 12.3 Å². The lowest BCUT2D eigenvalue weighted by atomic mass is 10.0. The van der Waals surface area contributed by atoms with E-state index in [1.165, 1.54) is 47.8 Å². The number of cyclic esters (lactones) is 1. The molecule has 1 aliphatic rings. The van der Waals surface area contributed by atoms with Crippen LogP contribution in [0, 0.1) is 5.92 Å². The van der Waals surface area contributed by atoms with E-state index in [9.17, 15) is 36.3 Å². The van der Waals surface area contributed by atoms with Crippen LogP contribution in [0.15, 0.2) is 83.8 Å². The SMILES string of the molecule is CC[C@H](C)CN(C[C@@H](O)[C@H](Cc1ccccc1)NC(=O)[C@@H]1CN(c2ccccc2C(F)(F)F)C(=O)O1)S(=O)(=O)c1ccc(OC)cc1. The number of carbonyl (C=O) groups excluding carboxylic acids is 2. The molecule has 4 rings (SSSR count). The first kappa shape index (κ1) is 35.7. The summed E-state index contributed by atoms with van der Waals surface area (Å²) in [6.45, 7) is 2.99. The van der Waals surface area contributed by atoms with Crippen molar-refractivity contribution in [1.29, 1.82) is 0 Å². The lowest BCUT2D eigenvalue weighted by molar-refractivity contribution is -0.137. The number of aliphatic hydroxyl groups is 1. The summed E-state index contributed by atoms with van der Waals surface area (Å²) < 4.78 is 80.0. The summed E-state index contributed by atoms with van der Waals surface area (Å²) in [6.07, 6.45) is -8.07. The summed E-state index contributed by atoms with van der Waals surface area (Å²) in [6, 6.07) is 18.1. The molecule has 0 unspecified atom stereocenters. The number of benzene rings is 3. The van der Waals surface area contributed by atoms with Crippen LogP contribution in [0.2, 0.25) is 0 Å². The number of para-hydroxylation sites is 1. The minimum absolute atomic E-state index is 0.00505. The molecule has 0 bridgehead atoms. The highest BCUT2D eigenvalue weighted by molar-refractivity contribution is 7.89. The van der Waals surface area contributed by atoms with E-state index < -0.39 is 64.2 Å². The van der Waals surface area contributed by atoms with E-state index in [4.69, 9.17) is 9.47 Å². The average Bonchev–Trinajstić information content (AvgIpc) is 3.45. The number of hydrogen-bond acceptors (Lipinski definition) is 7. The van der Waals surface area contributed by atoms with Gasteiger partial charge in [-0.15, -0.1) is 0 Å². The van der Waals surface area contributed by atoms with Crippen LogP contribution in [0.4, 0.5) is 23.7 Å². The molecule has 1 saturated heterocycles. The monoisotopic (exact) mass is 677 g/mol. The smallest absolute Gasteiger partial charge is 0.418 e. The number of sulfonamides is 1. The van der Waals surface area contributed by atoms with Gasteiger partial charge in [0.15, 0.2) is 6.10 Å². The van der Waals surface area contributed by atoms with Crippen LogP contribution in [-0.2, 0) is 32.2 Å². The summed E-state index contributed by atoms with van der Waals surface area (Å²) >= 11 is 0. The zero-order valence-corrected chi connectivity index (χ0v) is 27.0. The number of aliphatic hydroxyl groups excluding tert-OH is 1. The maximum Gasteiger partial charge on any atom is 0.418 e. The molecule has 0 spiro atoms. The van der Waals surface area contributed by atoms with Gasteiger partial charge in [-0.3, -0.25) is 9.69 Å². The van der Waals surface area contributed by atoms with Gasteiger partial charge in [-0.1, -0.05) is 62.7 Å². The van der Waals surface area contributed by atoms with Gasteiger partial charge in [0.2, 0.25) is 10.0 Å². The molecule has 0 aliphatic carbocycles. The number of halogens is 3. The van der Waals surface area contributed by atoms with Crippen molar-refractivity contribution in [2.75, 3.05) is 31.6 Å². The maximum atomic E-state index is 13.8. The zero-order chi connectivity index (χ0) is 34.4. The largest absolute Gasteiger partial charge is 0.497 e. The molecular weight excluding hydrogens is 639 g/mol. The maximum absolute atomic E-state index is 13.8. The van der Waals surface area contributed by atoms with Gasteiger partial charge in [0, 0.05) is 13.1 Å². The van der Waals surface area contributed by atoms with Crippen molar-refractivity contribution in [3.63, 3.8) is 0 Å². The molecule has 10 nitrogen and oxygen atoms in total. The van der Waals surface area contributed by atoms with Gasteiger partial charge in [0.1, 0.15) is 5.75 Å². The van der Waals surface area contributed by atoms with Gasteiger partial charge in [-0.25, -0.2) is 13.2 Å². The summed E-state index contributed by atoms with van der Waals surface area (Å²) in [5, 5.41) is 14.2. The normalized spacial score (nSPS) is 17.2. The number of nitrogens with one attached hydrogen (secondary N) is 1. The third kappa shape index (κ3) is 8.82. The molecule has 14 heteroatoms. The molecule has 47 heavy (non-hydrogen) atoms. The third-order valence-corrected chi connectivity index (χ3v) is 9.84. The number of carbonyl (C=O) groups is 2. The topological polar surface area (TPSA) is 125 Å². The van der Waals surface area contributed by atoms with Crippen molar-refractivity contribution in [1.82, 2.24) is 9.62 Å². The molecule has 3 aromatic rings. The fourth-order valence-corrected chi connectivity index (χ4v) is 6.73. The Morgan fingerprint density at radius 2 is 1.70 bits per heavy atom. The summed E-state index contributed by atoms with van der Waals surface area (Å²) in [7, 11) is -2.64. The number of ether oxygens (including phenoxy) is 2. The predicted molar refractivity (Wildman–Crippen MR) is 168 cm³/mol. The van der Waals surface area contributed by atoms with E-state index in [0.29, 0.717) is 17.7 Å². The van der Waals surface area contributed by atoms with Gasteiger partial charge in [0.05, 0.1) is 41.9 Å². The number of hydrogen-bond donors (Lipinski definition) is 2. The fourth-order valence-electron chi connectivity index (χ4n) is 5.15. The van der Waals surface area contributed by atoms with Crippen LogP contribution in [0.25, 0.3) is 0 Å². The first-order valence-corrected chi connectivity index (χ1v) is 16.5. The van der Waals surface area contributed by atoms with E-state index >= 15 is 0 Å². The Labute approximate surface area is 272 Å². The van der Waals surface area contributed by atoms with Crippen molar-refractivity contribution >= 4 is 27.7 Å². The van der Waals surface area contributed by atoms with Crippen molar-refractivity contribution in [3.05, 3.63) is 90.0 Å². The number of anilines is 1. The standard InChI is InChI=1S/C33H38F3N3O7S/c1-4-22(2)19-38(47(43,44)25-16-14-24(45-3)15-17-25)20-29(40)27(18-23-10-6-5-7-11-23)37-31(41)30-21-39(32(42)46-30)28-13-9-8-12-26(28)33(34,35)36/h5-17,22,27,29-30,40H,4,18-21H2,1-3H3,(H,37,41)/t22-,27-,29+,30-/m0/s1. The third-order valence-electron chi connectivity index (χ3n) is 8.00. The molecule has 3 aromatic carbocycles. The first-order valence-electron chi connectivity index (χ1n) is 15.1. The molecule has 2 amide bonds. The van der Waals surface area contributed by atoms with Gasteiger partial charge < -0.3 is 19.9 Å². The molecule has 0 saturated carbocycles. The van der Waals surface area contributed by atoms with Gasteiger partial charge in [-0.05, 0) is 54.3 Å². The lowest BCUT2D eigenvalue weighted by Gasteiger charge is -2.31. The second-order valence-corrected chi connectivity index (χ2v) is 13.3. The highest BCUT2D eigenvalue weighted by atomic mass is 32.2. The van der Waals surface area contributed by atoms with Crippen molar-refractivity contribution < 1.29 is 45.8 Å². The van der Waals surface area contributed by atoms with E-state index in [1.54, 1.807) is 30.3 Å². The quantitative estimate of drug-likeness (QED) is 0.250. The summed E-state index contributed by atoms with van der Waals surface area (Å²) in [5.74, 6) is -0.450. The zero-order valence-electron chi connectivity index (χ0n) is 26.2. The minimum atomic E-state index is -4.75. The molecule has 1 heterocycles. The Morgan fingerprint density at radius 3 is 2.32 bits per heavy atom. The Kier molecular flexibility index (Phi) is 11.5. The van der Waals surface area contributed by atoms with Crippen LogP contribution in [-0.4, -0.2) is 74.8 Å². The highest BCUT2D eigenvalue weighted by Gasteiger charge is 2.43. The van der Waals surface area contributed by atoms with Gasteiger partial charge in [-0.2, -0.15) is 17.5 Å². The fraction of sp³-hybridized carbons (Fsp3) is 0.394. The molecule has 254 valence electrons. The molecule has 1 fully saturated rings. The second-order valence-electron chi connectivity index (χ2n) is 11.4. The number of nitrogens with zero attached hydrogens (tertiary/aromatic N) is 2. The number of alkyl halides is 3. The Balaban J connectivity index is 1.58. The molecular formula is C33H38F3N3O7S. The van der Waals surface area contributed by atoms with Crippen LogP contribution in [0.3, 0.4) is 0 Å². The van der Waals surface area contributed by atoms with Crippen LogP contribution >= 0.6 is 0 Å². The predicted octanol–water partition coefficient (Wildman–Crippen LogP) is 4.86. The van der Waals surface area contributed by atoms with Crippen molar-refractivity contribution in [2.24, 2.45) is 5.92 Å². The van der Waals surface area contributed by atoms with E-state index in [1.807, 2.05) is 13.8 Å². The highest BCUT2D eigenvalue weighted by Crippen LogP contribution is 2.38. The Hall–Kier alpha value is -4.14. The molecule has 0 radical (unpaired) electrons. The van der Waals surface area contributed by atoms with E-state index in [0.717, 1.165) is 17.0 Å². The van der Waals surface area contributed by atoms with E-state index in [2.05, 4.69) is 5.32 Å². The lowest BCUT2D eigenvalue weighted by Crippen LogP contribution is -2.53. The van der Waals surface area contributed by atoms with Gasteiger partial charge in [0.25, 0.3) is 5.91 Å². The van der Waals surface area contributed by atoms with Crippen LogP contribution in [0.5, 0.6) is 5.75 Å². The molecule has 4 atom stereocenters. The molecule has 1 aliphatic heterocycles. The first-order chi connectivity index (χ1) is 22.2. The second kappa shape index (κ2) is 15.2. The average molecular weight is 678 g/mol. The van der Waals surface area contributed by atoms with E-state index in [-0.39, 0.29) is 30.3 Å². The van der Waals surface area contributed by atoms with Crippen LogP contribution < -0.4 is 15.0 Å². The van der Waals surface area contributed by atoms with Crippen molar-refractivity contribution in [3.8, 4) is 5.75 Å². The summed E-state index contributed by atoms with van der Waals surface area (Å²) in [4.78, 5) is 26.9. The number of methoxy groups -OCH3 is 1. The summed E-state index contributed by atoms with van der Waals surface area (Å²) in [5.41, 5.74) is -0.798. The minimum Gasteiger partial charge on any atom is -0.497 e. The Bertz CT molecular complexity index is 1620. The Morgan fingerprint density at radius 1 is 1.06 bits per heavy atom. The number of amides is 2. The van der Waals surface area contributed by atoms with Crippen molar-refractivity contribution in [2.45, 2.75) is 56.0 Å².